The topological polar surface area (TPSA) is 68.5 Å². The van der Waals surface area contributed by atoms with Crippen molar-refractivity contribution >= 4 is 11.6 Å². The molecular weight excluding hydrogens is 335 g/mol. The summed E-state index contributed by atoms with van der Waals surface area (Å²) in [4.78, 5) is 17.6. The molecule has 1 aliphatic heterocycles. The lowest BCUT2D eigenvalue weighted by molar-refractivity contribution is -0.131. The molecule has 1 atom stereocenters. The van der Waals surface area contributed by atoms with Gasteiger partial charge in [0.15, 0.2) is 0 Å². The lowest BCUT2D eigenvalue weighted by atomic mass is 10.0. The summed E-state index contributed by atoms with van der Waals surface area (Å²) in [5.74, 6) is -0.203. The van der Waals surface area contributed by atoms with Gasteiger partial charge in [0, 0.05) is 24.2 Å². The van der Waals surface area contributed by atoms with E-state index in [-0.39, 0.29) is 17.6 Å². The number of aromatic nitrogens is 2. The smallest absolute Gasteiger partial charge is 0.264 e. The fraction of sp³-hybridized carbons (Fsp3) is 0.421. The Bertz CT molecular complexity index is 840. The SMILES string of the molecule is Cc1nn(-c2ccc(F)cc2)c(C)c1CNC(=O)[C@H]1CC(C(C)C)=NO1. The third kappa shape index (κ3) is 3.61. The van der Waals surface area contributed by atoms with Gasteiger partial charge in [-0.1, -0.05) is 19.0 Å². The largest absolute Gasteiger partial charge is 0.382 e. The molecular formula is C19H23FN4O2. The van der Waals surface area contributed by atoms with E-state index >= 15 is 0 Å². The van der Waals surface area contributed by atoms with Crippen LogP contribution in [0.5, 0.6) is 0 Å². The van der Waals surface area contributed by atoms with Gasteiger partial charge in [0.2, 0.25) is 6.10 Å². The summed E-state index contributed by atoms with van der Waals surface area (Å²) in [5, 5.41) is 11.4. The van der Waals surface area contributed by atoms with Crippen LogP contribution in [-0.4, -0.2) is 27.5 Å². The molecule has 7 heteroatoms. The van der Waals surface area contributed by atoms with Crippen LogP contribution in [0.3, 0.4) is 0 Å². The number of rotatable bonds is 5. The molecule has 0 bridgehead atoms. The third-order valence-corrected chi connectivity index (χ3v) is 4.60. The summed E-state index contributed by atoms with van der Waals surface area (Å²) in [5.41, 5.74) is 4.34. The molecule has 0 saturated carbocycles. The van der Waals surface area contributed by atoms with Crippen LogP contribution in [0, 0.1) is 25.6 Å². The van der Waals surface area contributed by atoms with Crippen molar-refractivity contribution in [2.75, 3.05) is 0 Å². The van der Waals surface area contributed by atoms with Gasteiger partial charge in [-0.3, -0.25) is 4.79 Å². The molecule has 1 aromatic heterocycles. The maximum absolute atomic E-state index is 13.1. The van der Waals surface area contributed by atoms with Crippen LogP contribution in [0.4, 0.5) is 4.39 Å². The maximum Gasteiger partial charge on any atom is 0.264 e. The van der Waals surface area contributed by atoms with Crippen molar-refractivity contribution in [3.8, 4) is 5.69 Å². The van der Waals surface area contributed by atoms with Gasteiger partial charge in [0.05, 0.1) is 17.1 Å². The minimum atomic E-state index is -0.569. The van der Waals surface area contributed by atoms with Crippen LogP contribution in [0.1, 0.15) is 37.2 Å². The summed E-state index contributed by atoms with van der Waals surface area (Å²) in [6, 6.07) is 6.15. The highest BCUT2D eigenvalue weighted by molar-refractivity contribution is 5.93. The van der Waals surface area contributed by atoms with E-state index in [9.17, 15) is 9.18 Å². The van der Waals surface area contributed by atoms with Crippen molar-refractivity contribution in [2.24, 2.45) is 11.1 Å². The van der Waals surface area contributed by atoms with Crippen molar-refractivity contribution in [3.05, 3.63) is 47.0 Å². The Morgan fingerprint density at radius 3 is 2.65 bits per heavy atom. The Labute approximate surface area is 152 Å². The summed E-state index contributed by atoms with van der Waals surface area (Å²) < 4.78 is 14.9. The van der Waals surface area contributed by atoms with E-state index in [2.05, 4.69) is 15.6 Å². The molecule has 0 fully saturated rings. The van der Waals surface area contributed by atoms with Gasteiger partial charge < -0.3 is 10.2 Å². The van der Waals surface area contributed by atoms with E-state index < -0.39 is 6.10 Å². The summed E-state index contributed by atoms with van der Waals surface area (Å²) in [6.45, 7) is 8.23. The molecule has 0 spiro atoms. The quantitative estimate of drug-likeness (QED) is 0.893. The Morgan fingerprint density at radius 1 is 1.35 bits per heavy atom. The molecule has 0 aliphatic carbocycles. The van der Waals surface area contributed by atoms with Crippen molar-refractivity contribution in [1.29, 1.82) is 0 Å². The average molecular weight is 358 g/mol. The van der Waals surface area contributed by atoms with E-state index in [0.717, 1.165) is 28.4 Å². The minimum absolute atomic E-state index is 0.183. The van der Waals surface area contributed by atoms with Crippen LogP contribution in [0.2, 0.25) is 0 Å². The highest BCUT2D eigenvalue weighted by atomic mass is 19.1. The van der Waals surface area contributed by atoms with Gasteiger partial charge in [-0.2, -0.15) is 5.10 Å². The summed E-state index contributed by atoms with van der Waals surface area (Å²) in [6.07, 6.45) is -0.0452. The molecule has 0 radical (unpaired) electrons. The van der Waals surface area contributed by atoms with Crippen LogP contribution < -0.4 is 5.32 Å². The third-order valence-electron chi connectivity index (χ3n) is 4.60. The lowest BCUT2D eigenvalue weighted by Crippen LogP contribution is -2.34. The van der Waals surface area contributed by atoms with Crippen LogP contribution in [0.25, 0.3) is 5.69 Å². The fourth-order valence-electron chi connectivity index (χ4n) is 2.93. The molecule has 6 nitrogen and oxygen atoms in total. The zero-order valence-electron chi connectivity index (χ0n) is 15.4. The first kappa shape index (κ1) is 18.1. The molecule has 1 aliphatic rings. The monoisotopic (exact) mass is 358 g/mol. The average Bonchev–Trinajstić information content (AvgIpc) is 3.20. The number of benzene rings is 1. The van der Waals surface area contributed by atoms with E-state index in [0.29, 0.717) is 13.0 Å². The number of hydrogen-bond acceptors (Lipinski definition) is 4. The zero-order chi connectivity index (χ0) is 18.8. The number of nitrogens with zero attached hydrogens (tertiary/aromatic N) is 3. The molecule has 0 saturated heterocycles. The molecule has 1 N–H and O–H groups in total. The molecule has 1 aromatic carbocycles. The van der Waals surface area contributed by atoms with Gasteiger partial charge in [-0.05, 0) is 44.0 Å². The van der Waals surface area contributed by atoms with E-state index in [4.69, 9.17) is 4.84 Å². The highest BCUT2D eigenvalue weighted by Gasteiger charge is 2.29. The first-order valence-corrected chi connectivity index (χ1v) is 8.68. The number of aryl methyl sites for hydroxylation is 1. The second-order valence-corrected chi connectivity index (χ2v) is 6.79. The van der Waals surface area contributed by atoms with Gasteiger partial charge in [0.1, 0.15) is 5.82 Å². The minimum Gasteiger partial charge on any atom is -0.382 e. The van der Waals surface area contributed by atoms with Gasteiger partial charge in [0.25, 0.3) is 5.91 Å². The number of carbonyl (C=O) groups excluding carboxylic acids is 1. The van der Waals surface area contributed by atoms with Gasteiger partial charge in [-0.15, -0.1) is 0 Å². The number of halogens is 1. The van der Waals surface area contributed by atoms with Crippen molar-refractivity contribution in [1.82, 2.24) is 15.1 Å². The first-order valence-electron chi connectivity index (χ1n) is 8.68. The molecule has 26 heavy (non-hydrogen) atoms. The predicted molar refractivity (Wildman–Crippen MR) is 96.6 cm³/mol. The molecule has 0 unspecified atom stereocenters. The fourth-order valence-corrected chi connectivity index (χ4v) is 2.93. The van der Waals surface area contributed by atoms with Crippen LogP contribution in [-0.2, 0) is 16.2 Å². The number of oxime groups is 1. The predicted octanol–water partition coefficient (Wildman–Crippen LogP) is 3.05. The summed E-state index contributed by atoms with van der Waals surface area (Å²) >= 11 is 0. The second-order valence-electron chi connectivity index (χ2n) is 6.79. The van der Waals surface area contributed by atoms with Gasteiger partial charge in [-0.25, -0.2) is 9.07 Å². The number of amides is 1. The van der Waals surface area contributed by atoms with Crippen LogP contribution in [0.15, 0.2) is 29.4 Å². The van der Waals surface area contributed by atoms with Crippen LogP contribution >= 0.6 is 0 Å². The van der Waals surface area contributed by atoms with Crippen molar-refractivity contribution in [3.63, 3.8) is 0 Å². The number of nitrogens with one attached hydrogen (secondary N) is 1. The van der Waals surface area contributed by atoms with E-state index in [1.54, 1.807) is 16.8 Å². The van der Waals surface area contributed by atoms with Gasteiger partial charge >= 0.3 is 0 Å². The first-order chi connectivity index (χ1) is 12.4. The molecule has 1 amide bonds. The number of carbonyl (C=O) groups is 1. The number of hydrogen-bond donors (Lipinski definition) is 1. The molecule has 2 heterocycles. The Hall–Kier alpha value is -2.70. The normalized spacial score (nSPS) is 16.5. The molecule has 3 rings (SSSR count). The van der Waals surface area contributed by atoms with Crippen molar-refractivity contribution < 1.29 is 14.0 Å². The lowest BCUT2D eigenvalue weighted by Gasteiger charge is -2.10. The Balaban J connectivity index is 1.67. The zero-order valence-corrected chi connectivity index (χ0v) is 15.4. The standard InChI is InChI=1S/C19H23FN4O2/c1-11(2)17-9-18(26-23-17)19(25)21-10-16-12(3)22-24(13(16)4)15-7-5-14(20)6-8-15/h5-8,11,18H,9-10H2,1-4H3,(H,21,25)/t18-/m1/s1. The Kier molecular flexibility index (Phi) is 5.06. The van der Waals surface area contributed by atoms with Crippen molar-refractivity contribution in [2.45, 2.75) is 46.8 Å². The summed E-state index contributed by atoms with van der Waals surface area (Å²) in [7, 11) is 0. The maximum atomic E-state index is 13.1. The van der Waals surface area contributed by atoms with E-state index in [1.807, 2.05) is 27.7 Å². The second kappa shape index (κ2) is 7.27. The molecule has 138 valence electrons. The Morgan fingerprint density at radius 2 is 2.04 bits per heavy atom. The highest BCUT2D eigenvalue weighted by Crippen LogP contribution is 2.19. The molecule has 2 aromatic rings. The van der Waals surface area contributed by atoms with E-state index in [1.165, 1.54) is 12.1 Å².